The molecule has 1 aromatic rings. The number of aromatic nitrogens is 1. The predicted octanol–water partition coefficient (Wildman–Crippen LogP) is 1.25. The smallest absolute Gasteiger partial charge is 0.172 e. The maximum atomic E-state index is 10.1. The quantitative estimate of drug-likeness (QED) is 0.493. The molecule has 3 nitrogen and oxygen atoms in total. The highest BCUT2D eigenvalue weighted by Gasteiger charge is 1.99. The minimum atomic E-state index is -0.153. The van der Waals surface area contributed by atoms with Gasteiger partial charge in [0.2, 0.25) is 0 Å². The molecular weight excluding hydrogens is 154 g/mol. The van der Waals surface area contributed by atoms with Crippen LogP contribution in [0.25, 0.3) is 0 Å². The molecule has 0 bridgehead atoms. The van der Waals surface area contributed by atoms with E-state index in [2.05, 4.69) is 4.98 Å². The summed E-state index contributed by atoms with van der Waals surface area (Å²) in [5.74, 6) is -0.153. The third-order valence-electron chi connectivity index (χ3n) is 0.980. The van der Waals surface area contributed by atoms with Crippen LogP contribution in [0.15, 0.2) is 12.1 Å². The van der Waals surface area contributed by atoms with E-state index in [-0.39, 0.29) is 16.6 Å². The Morgan fingerprint density at radius 2 is 2.30 bits per heavy atom. The number of hydrogen-bond donors (Lipinski definition) is 1. The topological polar surface area (TPSA) is 50.2 Å². The van der Waals surface area contributed by atoms with Crippen LogP contribution in [-0.2, 0) is 0 Å². The van der Waals surface area contributed by atoms with Gasteiger partial charge in [-0.3, -0.25) is 4.79 Å². The van der Waals surface area contributed by atoms with Crippen molar-refractivity contribution in [2.45, 2.75) is 0 Å². The maximum Gasteiger partial charge on any atom is 0.172 e. The Balaban J connectivity index is 3.21. The lowest BCUT2D eigenvalue weighted by molar-refractivity contribution is 0.111. The molecule has 0 radical (unpaired) electrons. The first-order valence-corrected chi connectivity index (χ1v) is 2.92. The zero-order valence-electron chi connectivity index (χ0n) is 4.91. The second kappa shape index (κ2) is 2.66. The fourth-order valence-electron chi connectivity index (χ4n) is 0.529. The van der Waals surface area contributed by atoms with Crippen LogP contribution in [-0.4, -0.2) is 16.4 Å². The van der Waals surface area contributed by atoms with Crippen LogP contribution in [0.3, 0.4) is 0 Å². The van der Waals surface area contributed by atoms with Crippen molar-refractivity contribution < 1.29 is 9.90 Å². The molecule has 0 aromatic carbocycles. The van der Waals surface area contributed by atoms with Crippen molar-refractivity contribution in [3.05, 3.63) is 23.0 Å². The first-order chi connectivity index (χ1) is 4.74. The van der Waals surface area contributed by atoms with Gasteiger partial charge in [0.05, 0.1) is 0 Å². The molecule has 0 atom stereocenters. The summed E-state index contributed by atoms with van der Waals surface area (Å²) in [5, 5.41) is 9.08. The number of hydrogen-bond acceptors (Lipinski definition) is 3. The molecule has 1 N–H and O–H groups in total. The minimum absolute atomic E-state index is 0.0347. The SMILES string of the molecule is O=Cc1nc(Cl)ccc1O. The molecule has 10 heavy (non-hydrogen) atoms. The van der Waals surface area contributed by atoms with Crippen molar-refractivity contribution in [1.29, 1.82) is 0 Å². The number of aromatic hydroxyl groups is 1. The van der Waals surface area contributed by atoms with E-state index in [0.29, 0.717) is 6.29 Å². The molecule has 1 aromatic heterocycles. The lowest BCUT2D eigenvalue weighted by Crippen LogP contribution is -1.86. The van der Waals surface area contributed by atoms with Crippen molar-refractivity contribution in [3.63, 3.8) is 0 Å². The van der Waals surface area contributed by atoms with E-state index < -0.39 is 0 Å². The standard InChI is InChI=1S/C6H4ClNO2/c7-6-2-1-5(10)4(3-9)8-6/h1-3,10H. The van der Waals surface area contributed by atoms with Gasteiger partial charge < -0.3 is 5.11 Å². The van der Waals surface area contributed by atoms with Crippen LogP contribution in [0.5, 0.6) is 5.75 Å². The number of rotatable bonds is 1. The van der Waals surface area contributed by atoms with Crippen LogP contribution < -0.4 is 0 Å². The number of nitrogens with zero attached hydrogens (tertiary/aromatic N) is 1. The summed E-state index contributed by atoms with van der Waals surface area (Å²) in [6.45, 7) is 0. The fraction of sp³-hybridized carbons (Fsp3) is 0. The molecule has 52 valence electrons. The van der Waals surface area contributed by atoms with E-state index in [9.17, 15) is 4.79 Å². The van der Waals surface area contributed by atoms with Crippen LogP contribution in [0.1, 0.15) is 10.5 Å². The Kier molecular flexibility index (Phi) is 1.87. The van der Waals surface area contributed by atoms with Crippen molar-refractivity contribution in [1.82, 2.24) is 4.98 Å². The van der Waals surface area contributed by atoms with Gasteiger partial charge in [-0.05, 0) is 12.1 Å². The molecule has 0 unspecified atom stereocenters. The normalized spacial score (nSPS) is 9.30. The Hall–Kier alpha value is -1.09. The summed E-state index contributed by atoms with van der Waals surface area (Å²) in [7, 11) is 0. The number of halogens is 1. The Labute approximate surface area is 62.3 Å². The summed E-state index contributed by atoms with van der Waals surface area (Å²) in [6, 6.07) is 2.73. The van der Waals surface area contributed by atoms with E-state index >= 15 is 0 Å². The van der Waals surface area contributed by atoms with Crippen LogP contribution in [0, 0.1) is 0 Å². The van der Waals surface area contributed by atoms with Crippen LogP contribution >= 0.6 is 11.6 Å². The van der Waals surface area contributed by atoms with Crippen molar-refractivity contribution >= 4 is 17.9 Å². The molecule has 0 fully saturated rings. The maximum absolute atomic E-state index is 10.1. The Bertz CT molecular complexity index is 262. The first-order valence-electron chi connectivity index (χ1n) is 2.54. The van der Waals surface area contributed by atoms with Gasteiger partial charge in [0.15, 0.2) is 6.29 Å². The van der Waals surface area contributed by atoms with Gasteiger partial charge in [-0.15, -0.1) is 0 Å². The first kappa shape index (κ1) is 7.02. The molecule has 4 heteroatoms. The summed E-state index contributed by atoms with van der Waals surface area (Å²) in [4.78, 5) is 13.6. The second-order valence-corrected chi connectivity index (χ2v) is 2.04. The molecular formula is C6H4ClNO2. The van der Waals surface area contributed by atoms with Gasteiger partial charge in [-0.1, -0.05) is 11.6 Å². The van der Waals surface area contributed by atoms with Crippen molar-refractivity contribution in [3.8, 4) is 5.75 Å². The van der Waals surface area contributed by atoms with Gasteiger partial charge in [0.25, 0.3) is 0 Å². The average Bonchev–Trinajstić information content (AvgIpc) is 1.94. The number of carbonyl (C=O) groups excluding carboxylic acids is 1. The average molecular weight is 158 g/mol. The zero-order valence-corrected chi connectivity index (χ0v) is 5.67. The predicted molar refractivity (Wildman–Crippen MR) is 36.3 cm³/mol. The lowest BCUT2D eigenvalue weighted by atomic mass is 10.3. The van der Waals surface area contributed by atoms with Gasteiger partial charge >= 0.3 is 0 Å². The van der Waals surface area contributed by atoms with Gasteiger partial charge in [-0.2, -0.15) is 0 Å². The number of pyridine rings is 1. The molecule has 1 rings (SSSR count). The molecule has 0 saturated heterocycles. The zero-order chi connectivity index (χ0) is 7.56. The van der Waals surface area contributed by atoms with Crippen molar-refractivity contribution in [2.24, 2.45) is 0 Å². The van der Waals surface area contributed by atoms with Gasteiger partial charge in [0, 0.05) is 0 Å². The Morgan fingerprint density at radius 1 is 1.60 bits per heavy atom. The lowest BCUT2D eigenvalue weighted by Gasteiger charge is -1.93. The van der Waals surface area contributed by atoms with Gasteiger partial charge in [-0.25, -0.2) is 4.98 Å². The van der Waals surface area contributed by atoms with E-state index in [1.54, 1.807) is 0 Å². The third-order valence-corrected chi connectivity index (χ3v) is 1.19. The summed E-state index contributed by atoms with van der Waals surface area (Å²) in [6.07, 6.45) is 0.446. The number of carbonyl (C=O) groups is 1. The number of aldehydes is 1. The molecule has 0 amide bonds. The third kappa shape index (κ3) is 1.25. The highest BCUT2D eigenvalue weighted by atomic mass is 35.5. The monoisotopic (exact) mass is 157 g/mol. The summed E-state index contributed by atoms with van der Waals surface area (Å²) < 4.78 is 0. The Morgan fingerprint density at radius 3 is 2.80 bits per heavy atom. The van der Waals surface area contributed by atoms with E-state index in [1.807, 2.05) is 0 Å². The molecule has 0 aliphatic heterocycles. The highest BCUT2D eigenvalue weighted by Crippen LogP contribution is 2.14. The molecule has 1 heterocycles. The van der Waals surface area contributed by atoms with Crippen LogP contribution in [0.4, 0.5) is 0 Å². The second-order valence-electron chi connectivity index (χ2n) is 1.66. The molecule has 0 saturated carbocycles. The highest BCUT2D eigenvalue weighted by molar-refractivity contribution is 6.29. The largest absolute Gasteiger partial charge is 0.506 e. The van der Waals surface area contributed by atoms with E-state index in [4.69, 9.17) is 16.7 Å². The minimum Gasteiger partial charge on any atom is -0.506 e. The van der Waals surface area contributed by atoms with Gasteiger partial charge in [0.1, 0.15) is 16.6 Å². The molecule has 0 spiro atoms. The van der Waals surface area contributed by atoms with Crippen LogP contribution in [0.2, 0.25) is 5.15 Å². The van der Waals surface area contributed by atoms with E-state index in [0.717, 1.165) is 0 Å². The molecule has 0 aliphatic rings. The fourth-order valence-corrected chi connectivity index (χ4v) is 0.683. The van der Waals surface area contributed by atoms with Crippen molar-refractivity contribution in [2.75, 3.05) is 0 Å². The molecule has 0 aliphatic carbocycles. The summed E-state index contributed by atoms with van der Waals surface area (Å²) in [5.41, 5.74) is -0.0347. The summed E-state index contributed by atoms with van der Waals surface area (Å²) >= 11 is 5.41. The van der Waals surface area contributed by atoms with E-state index in [1.165, 1.54) is 12.1 Å².